The molecule has 21 heavy (non-hydrogen) atoms. The van der Waals surface area contributed by atoms with Gasteiger partial charge in [0.15, 0.2) is 0 Å². The Morgan fingerprint density at radius 1 is 1.29 bits per heavy atom. The largest absolute Gasteiger partial charge is 0.481 e. The van der Waals surface area contributed by atoms with E-state index in [0.29, 0.717) is 24.9 Å². The van der Waals surface area contributed by atoms with Gasteiger partial charge in [0.2, 0.25) is 0 Å². The van der Waals surface area contributed by atoms with E-state index in [4.69, 9.17) is 5.11 Å². The molecule has 0 aromatic carbocycles. The average molecular weight is 297 g/mol. The highest BCUT2D eigenvalue weighted by Gasteiger charge is 2.32. The summed E-state index contributed by atoms with van der Waals surface area (Å²) in [6, 6.07) is 0.589. The number of nitrogens with zero attached hydrogens (tertiary/aromatic N) is 2. The number of amides is 2. The zero-order valence-corrected chi connectivity index (χ0v) is 12.9. The van der Waals surface area contributed by atoms with Crippen molar-refractivity contribution in [1.82, 2.24) is 15.1 Å². The molecular formula is C15H27N3O3. The monoisotopic (exact) mass is 297 g/mol. The molecule has 0 aromatic heterocycles. The minimum atomic E-state index is -0.750. The minimum Gasteiger partial charge on any atom is -0.481 e. The van der Waals surface area contributed by atoms with Gasteiger partial charge in [0, 0.05) is 38.6 Å². The summed E-state index contributed by atoms with van der Waals surface area (Å²) in [6.45, 7) is 6.50. The number of urea groups is 1. The number of nitrogens with one attached hydrogen (secondary N) is 1. The van der Waals surface area contributed by atoms with Crippen molar-refractivity contribution >= 4 is 12.0 Å². The van der Waals surface area contributed by atoms with Gasteiger partial charge < -0.3 is 15.3 Å². The molecule has 2 fully saturated rings. The third-order valence-electron chi connectivity index (χ3n) is 4.64. The molecule has 2 rings (SSSR count). The number of carbonyl (C=O) groups is 2. The van der Waals surface area contributed by atoms with Crippen LogP contribution in [0, 0.1) is 5.92 Å². The van der Waals surface area contributed by atoms with Crippen molar-refractivity contribution in [2.75, 3.05) is 32.7 Å². The van der Waals surface area contributed by atoms with Crippen molar-refractivity contribution in [2.24, 2.45) is 5.92 Å². The summed E-state index contributed by atoms with van der Waals surface area (Å²) < 4.78 is 0. The Labute approximate surface area is 126 Å². The SMILES string of the molecule is CC(CCNC(=O)N1CCN2CCCC2C1)CCC(=O)O. The first kappa shape index (κ1) is 16.1. The highest BCUT2D eigenvalue weighted by molar-refractivity contribution is 5.74. The highest BCUT2D eigenvalue weighted by Crippen LogP contribution is 2.21. The second-order valence-electron chi connectivity index (χ2n) is 6.34. The molecule has 2 heterocycles. The Kier molecular flexibility index (Phi) is 5.85. The van der Waals surface area contributed by atoms with E-state index >= 15 is 0 Å². The molecule has 0 aliphatic carbocycles. The fourth-order valence-corrected chi connectivity index (χ4v) is 3.23. The maximum atomic E-state index is 12.1. The van der Waals surface area contributed by atoms with Crippen LogP contribution in [-0.4, -0.2) is 65.7 Å². The summed E-state index contributed by atoms with van der Waals surface area (Å²) >= 11 is 0. The number of rotatable bonds is 6. The van der Waals surface area contributed by atoms with Crippen molar-refractivity contribution in [3.8, 4) is 0 Å². The number of hydrogen-bond acceptors (Lipinski definition) is 3. The maximum Gasteiger partial charge on any atom is 0.317 e. The fourth-order valence-electron chi connectivity index (χ4n) is 3.23. The third kappa shape index (κ3) is 4.88. The van der Waals surface area contributed by atoms with Crippen LogP contribution >= 0.6 is 0 Å². The number of carboxylic acids is 1. The summed E-state index contributed by atoms with van der Waals surface area (Å²) in [5, 5.41) is 11.6. The molecule has 2 amide bonds. The van der Waals surface area contributed by atoms with Gasteiger partial charge in [0.1, 0.15) is 0 Å². The van der Waals surface area contributed by atoms with Gasteiger partial charge in [0.25, 0.3) is 0 Å². The topological polar surface area (TPSA) is 72.9 Å². The predicted octanol–water partition coefficient (Wildman–Crippen LogP) is 1.37. The first-order chi connectivity index (χ1) is 10.1. The van der Waals surface area contributed by atoms with Gasteiger partial charge in [-0.05, 0) is 38.1 Å². The van der Waals surface area contributed by atoms with E-state index in [-0.39, 0.29) is 12.5 Å². The molecule has 0 saturated carbocycles. The molecule has 2 atom stereocenters. The Hall–Kier alpha value is -1.30. The van der Waals surface area contributed by atoms with E-state index in [0.717, 1.165) is 26.1 Å². The van der Waals surface area contributed by atoms with Crippen molar-refractivity contribution in [3.63, 3.8) is 0 Å². The van der Waals surface area contributed by atoms with E-state index in [1.54, 1.807) is 0 Å². The number of carboxylic acid groups (broad SMARTS) is 1. The molecule has 0 bridgehead atoms. The van der Waals surface area contributed by atoms with Gasteiger partial charge in [-0.25, -0.2) is 4.79 Å². The van der Waals surface area contributed by atoms with Crippen LogP contribution < -0.4 is 5.32 Å². The van der Waals surface area contributed by atoms with E-state index in [9.17, 15) is 9.59 Å². The van der Waals surface area contributed by atoms with Gasteiger partial charge in [-0.2, -0.15) is 0 Å². The van der Waals surface area contributed by atoms with Crippen molar-refractivity contribution < 1.29 is 14.7 Å². The lowest BCUT2D eigenvalue weighted by Crippen LogP contribution is -2.54. The predicted molar refractivity (Wildman–Crippen MR) is 80.2 cm³/mol. The van der Waals surface area contributed by atoms with Crippen LogP contribution in [0.25, 0.3) is 0 Å². The molecular weight excluding hydrogens is 270 g/mol. The molecule has 0 radical (unpaired) electrons. The smallest absolute Gasteiger partial charge is 0.317 e. The molecule has 2 unspecified atom stereocenters. The van der Waals surface area contributed by atoms with Gasteiger partial charge in [-0.1, -0.05) is 6.92 Å². The van der Waals surface area contributed by atoms with Crippen LogP contribution in [0.2, 0.25) is 0 Å². The Bertz CT molecular complexity index is 375. The minimum absolute atomic E-state index is 0.0342. The summed E-state index contributed by atoms with van der Waals surface area (Å²) in [7, 11) is 0. The van der Waals surface area contributed by atoms with E-state index in [1.165, 1.54) is 19.4 Å². The van der Waals surface area contributed by atoms with Gasteiger partial charge in [-0.3, -0.25) is 9.69 Å². The van der Waals surface area contributed by atoms with Crippen LogP contribution in [-0.2, 0) is 4.79 Å². The van der Waals surface area contributed by atoms with Crippen LogP contribution in [0.15, 0.2) is 0 Å². The Balaban J connectivity index is 1.62. The maximum absolute atomic E-state index is 12.1. The van der Waals surface area contributed by atoms with Crippen molar-refractivity contribution in [2.45, 2.75) is 45.1 Å². The summed E-state index contributed by atoms with van der Waals surface area (Å²) in [5.41, 5.74) is 0. The first-order valence-corrected chi connectivity index (χ1v) is 8.05. The average Bonchev–Trinajstić information content (AvgIpc) is 2.92. The summed E-state index contributed by atoms with van der Waals surface area (Å²) in [6.07, 6.45) is 4.17. The molecule has 2 saturated heterocycles. The second-order valence-corrected chi connectivity index (χ2v) is 6.34. The van der Waals surface area contributed by atoms with E-state index in [1.807, 2.05) is 11.8 Å². The zero-order valence-electron chi connectivity index (χ0n) is 12.9. The summed E-state index contributed by atoms with van der Waals surface area (Å²) in [4.78, 5) is 27.0. The molecule has 6 heteroatoms. The quantitative estimate of drug-likeness (QED) is 0.776. The van der Waals surface area contributed by atoms with Crippen LogP contribution in [0.5, 0.6) is 0 Å². The molecule has 2 aliphatic heterocycles. The normalized spacial score (nSPS) is 23.7. The zero-order chi connectivity index (χ0) is 15.2. The lowest BCUT2D eigenvalue weighted by molar-refractivity contribution is -0.137. The number of aliphatic carboxylic acids is 1. The lowest BCUT2D eigenvalue weighted by Gasteiger charge is -2.37. The number of piperazine rings is 1. The molecule has 6 nitrogen and oxygen atoms in total. The van der Waals surface area contributed by atoms with Crippen LogP contribution in [0.3, 0.4) is 0 Å². The van der Waals surface area contributed by atoms with Crippen LogP contribution in [0.4, 0.5) is 4.79 Å². The van der Waals surface area contributed by atoms with E-state index in [2.05, 4.69) is 10.2 Å². The standard InChI is InChI=1S/C15H27N3O3/c1-12(4-5-14(19)20)6-7-16-15(21)18-10-9-17-8-2-3-13(17)11-18/h12-13H,2-11H2,1H3,(H,16,21)(H,19,20). The second kappa shape index (κ2) is 7.64. The summed E-state index contributed by atoms with van der Waals surface area (Å²) in [5.74, 6) is -0.423. The molecule has 0 aromatic rings. The first-order valence-electron chi connectivity index (χ1n) is 8.05. The Morgan fingerprint density at radius 2 is 2.10 bits per heavy atom. The highest BCUT2D eigenvalue weighted by atomic mass is 16.4. The van der Waals surface area contributed by atoms with E-state index < -0.39 is 5.97 Å². The van der Waals surface area contributed by atoms with Crippen molar-refractivity contribution in [1.29, 1.82) is 0 Å². The van der Waals surface area contributed by atoms with Gasteiger partial charge in [0.05, 0.1) is 0 Å². The number of fused-ring (bicyclic) bond motifs is 1. The lowest BCUT2D eigenvalue weighted by atomic mass is 10.0. The van der Waals surface area contributed by atoms with Crippen molar-refractivity contribution in [3.05, 3.63) is 0 Å². The fraction of sp³-hybridized carbons (Fsp3) is 0.867. The Morgan fingerprint density at radius 3 is 2.86 bits per heavy atom. The molecule has 2 N–H and O–H groups in total. The van der Waals surface area contributed by atoms with Gasteiger partial charge in [-0.15, -0.1) is 0 Å². The molecule has 2 aliphatic rings. The molecule has 0 spiro atoms. The van der Waals surface area contributed by atoms with Gasteiger partial charge >= 0.3 is 12.0 Å². The van der Waals surface area contributed by atoms with Crippen LogP contribution in [0.1, 0.15) is 39.0 Å². The number of hydrogen-bond donors (Lipinski definition) is 2. The third-order valence-corrected chi connectivity index (χ3v) is 4.64. The number of carbonyl (C=O) groups excluding carboxylic acids is 1. The molecule has 120 valence electrons.